The summed E-state index contributed by atoms with van der Waals surface area (Å²) >= 11 is 0. The summed E-state index contributed by atoms with van der Waals surface area (Å²) in [5.74, 6) is -1.84. The molecule has 0 aliphatic carbocycles. The van der Waals surface area contributed by atoms with Gasteiger partial charge in [0.25, 0.3) is 0 Å². The molecule has 0 radical (unpaired) electrons. The summed E-state index contributed by atoms with van der Waals surface area (Å²) < 4.78 is 0. The van der Waals surface area contributed by atoms with Crippen molar-refractivity contribution in [1.29, 1.82) is 0 Å². The van der Waals surface area contributed by atoms with Crippen molar-refractivity contribution < 1.29 is 19.8 Å². The summed E-state index contributed by atoms with van der Waals surface area (Å²) in [5, 5.41) is 17.0. The Morgan fingerprint density at radius 1 is 1.00 bits per heavy atom. The first kappa shape index (κ1) is 13.4. The minimum atomic E-state index is -0.919. The van der Waals surface area contributed by atoms with Crippen LogP contribution in [0.1, 0.15) is 11.1 Å². The van der Waals surface area contributed by atoms with Crippen molar-refractivity contribution in [2.75, 3.05) is 0 Å². The van der Waals surface area contributed by atoms with Crippen molar-refractivity contribution in [2.24, 2.45) is 0 Å². The van der Waals surface area contributed by atoms with Gasteiger partial charge in [-0.1, -0.05) is 24.3 Å². The third-order valence-corrected chi connectivity index (χ3v) is 1.70. The van der Waals surface area contributed by atoms with E-state index in [4.69, 9.17) is 10.2 Å². The van der Waals surface area contributed by atoms with E-state index in [0.29, 0.717) is 11.1 Å². The minimum Gasteiger partial charge on any atom is -0.481 e. The monoisotopic (exact) mass is 230 g/mol. The first-order valence-corrected chi connectivity index (χ1v) is 4.09. The van der Waals surface area contributed by atoms with E-state index < -0.39 is 11.9 Å². The van der Waals surface area contributed by atoms with E-state index in [-0.39, 0.29) is 25.2 Å². The molecule has 0 amide bonds. The van der Waals surface area contributed by atoms with Crippen molar-refractivity contribution in [3.05, 3.63) is 35.4 Å². The summed E-state index contributed by atoms with van der Waals surface area (Å²) in [7, 11) is 0. The highest BCUT2D eigenvalue weighted by molar-refractivity contribution is 5.85. The molecule has 0 saturated heterocycles. The van der Waals surface area contributed by atoms with E-state index in [2.05, 4.69) is 0 Å². The predicted molar refractivity (Wildman–Crippen MR) is 56.4 cm³/mol. The number of aliphatic carboxylic acids is 2. The van der Waals surface area contributed by atoms with Gasteiger partial charge >= 0.3 is 11.9 Å². The van der Waals surface area contributed by atoms with Gasteiger partial charge in [-0.25, -0.2) is 0 Å². The molecular formula is C10H11ClO4. The molecule has 1 aromatic carbocycles. The van der Waals surface area contributed by atoms with Gasteiger partial charge in [-0.2, -0.15) is 0 Å². The number of rotatable bonds is 4. The zero-order valence-corrected chi connectivity index (χ0v) is 8.66. The Bertz CT molecular complexity index is 331. The molecular weight excluding hydrogens is 220 g/mol. The Balaban J connectivity index is 0.00000196. The van der Waals surface area contributed by atoms with Crippen molar-refractivity contribution in [2.45, 2.75) is 12.8 Å². The largest absolute Gasteiger partial charge is 0.481 e. The summed E-state index contributed by atoms with van der Waals surface area (Å²) in [4.78, 5) is 20.8. The Hall–Kier alpha value is -1.55. The zero-order valence-electron chi connectivity index (χ0n) is 7.84. The number of hydrogen-bond donors (Lipinski definition) is 2. The van der Waals surface area contributed by atoms with Crippen LogP contribution in [0, 0.1) is 0 Å². The minimum absolute atomic E-state index is 0. The lowest BCUT2D eigenvalue weighted by Crippen LogP contribution is -2.03. The molecule has 0 bridgehead atoms. The van der Waals surface area contributed by atoms with Gasteiger partial charge in [0.1, 0.15) is 0 Å². The molecule has 0 aliphatic heterocycles. The summed E-state index contributed by atoms with van der Waals surface area (Å²) in [6, 6.07) is 6.59. The summed E-state index contributed by atoms with van der Waals surface area (Å²) in [5.41, 5.74) is 1.24. The maximum atomic E-state index is 10.4. The maximum Gasteiger partial charge on any atom is 0.307 e. The van der Waals surface area contributed by atoms with Crippen LogP contribution in [0.25, 0.3) is 0 Å². The first-order valence-electron chi connectivity index (χ1n) is 4.09. The molecule has 0 aromatic heterocycles. The SMILES string of the molecule is Cl.O=C(O)Cc1cccc(CC(=O)O)c1. The number of halogens is 1. The second-order valence-electron chi connectivity index (χ2n) is 2.96. The fraction of sp³-hybridized carbons (Fsp3) is 0.200. The third kappa shape index (κ3) is 5.02. The molecule has 1 aromatic rings. The molecule has 4 nitrogen and oxygen atoms in total. The van der Waals surface area contributed by atoms with Crippen LogP contribution in [0.15, 0.2) is 24.3 Å². The number of benzene rings is 1. The molecule has 5 heteroatoms. The van der Waals surface area contributed by atoms with Crippen molar-refractivity contribution >= 4 is 24.3 Å². The van der Waals surface area contributed by atoms with Gasteiger partial charge in [0.15, 0.2) is 0 Å². The van der Waals surface area contributed by atoms with Gasteiger partial charge in [0, 0.05) is 0 Å². The van der Waals surface area contributed by atoms with E-state index in [9.17, 15) is 9.59 Å². The average Bonchev–Trinajstić information content (AvgIpc) is 2.01. The highest BCUT2D eigenvalue weighted by Gasteiger charge is 2.03. The lowest BCUT2D eigenvalue weighted by molar-refractivity contribution is -0.137. The van der Waals surface area contributed by atoms with Gasteiger partial charge in [0.05, 0.1) is 12.8 Å². The van der Waals surface area contributed by atoms with E-state index >= 15 is 0 Å². The molecule has 0 aliphatic rings. The molecule has 15 heavy (non-hydrogen) atoms. The maximum absolute atomic E-state index is 10.4. The van der Waals surface area contributed by atoms with Crippen LogP contribution < -0.4 is 0 Å². The van der Waals surface area contributed by atoms with Crippen LogP contribution in [-0.2, 0) is 22.4 Å². The second-order valence-corrected chi connectivity index (χ2v) is 2.96. The number of carboxylic acid groups (broad SMARTS) is 2. The smallest absolute Gasteiger partial charge is 0.307 e. The van der Waals surface area contributed by atoms with Crippen LogP contribution in [0.3, 0.4) is 0 Å². The third-order valence-electron chi connectivity index (χ3n) is 1.70. The first-order chi connectivity index (χ1) is 6.58. The van der Waals surface area contributed by atoms with Crippen LogP contribution >= 0.6 is 12.4 Å². The van der Waals surface area contributed by atoms with Gasteiger partial charge < -0.3 is 10.2 Å². The van der Waals surface area contributed by atoms with E-state index in [1.54, 1.807) is 24.3 Å². The molecule has 0 atom stereocenters. The lowest BCUT2D eigenvalue weighted by Gasteiger charge is -2.00. The van der Waals surface area contributed by atoms with Crippen LogP contribution in [-0.4, -0.2) is 22.2 Å². The quantitative estimate of drug-likeness (QED) is 0.819. The van der Waals surface area contributed by atoms with Gasteiger partial charge in [-0.05, 0) is 11.1 Å². The van der Waals surface area contributed by atoms with E-state index in [0.717, 1.165) is 0 Å². The molecule has 2 N–H and O–H groups in total. The zero-order chi connectivity index (χ0) is 10.6. The second kappa shape index (κ2) is 6.03. The molecule has 0 heterocycles. The molecule has 1 rings (SSSR count). The van der Waals surface area contributed by atoms with Gasteiger partial charge in [-0.15, -0.1) is 12.4 Å². The Labute approximate surface area is 93.0 Å². The topological polar surface area (TPSA) is 74.6 Å². The van der Waals surface area contributed by atoms with Crippen molar-refractivity contribution in [3.63, 3.8) is 0 Å². The molecule has 0 spiro atoms. The average molecular weight is 231 g/mol. The van der Waals surface area contributed by atoms with Crippen LogP contribution in [0.2, 0.25) is 0 Å². The number of carbonyl (C=O) groups is 2. The van der Waals surface area contributed by atoms with Crippen LogP contribution in [0.5, 0.6) is 0 Å². The van der Waals surface area contributed by atoms with Crippen molar-refractivity contribution in [3.8, 4) is 0 Å². The highest BCUT2D eigenvalue weighted by atomic mass is 35.5. The fourth-order valence-corrected chi connectivity index (χ4v) is 1.20. The summed E-state index contributed by atoms with van der Waals surface area (Å²) in [6.07, 6.45) is -0.152. The van der Waals surface area contributed by atoms with E-state index in [1.807, 2.05) is 0 Å². The predicted octanol–water partition coefficient (Wildman–Crippen LogP) is 1.36. The normalized spacial score (nSPS) is 9.07. The molecule has 0 fully saturated rings. The van der Waals surface area contributed by atoms with Crippen LogP contribution in [0.4, 0.5) is 0 Å². The van der Waals surface area contributed by atoms with E-state index in [1.165, 1.54) is 0 Å². The Morgan fingerprint density at radius 2 is 1.40 bits per heavy atom. The highest BCUT2D eigenvalue weighted by Crippen LogP contribution is 2.06. The standard InChI is InChI=1S/C10H10O4.ClH/c11-9(12)5-7-2-1-3-8(4-7)6-10(13)14;/h1-4H,5-6H2,(H,11,12)(H,13,14);1H. The van der Waals surface area contributed by atoms with Gasteiger partial charge in [-0.3, -0.25) is 9.59 Å². The molecule has 82 valence electrons. The van der Waals surface area contributed by atoms with Crippen molar-refractivity contribution in [1.82, 2.24) is 0 Å². The fourth-order valence-electron chi connectivity index (χ4n) is 1.20. The number of carboxylic acids is 2. The Kier molecular flexibility index (Phi) is 5.41. The molecule has 0 unspecified atom stereocenters. The van der Waals surface area contributed by atoms with Gasteiger partial charge in [0.2, 0.25) is 0 Å². The molecule has 0 saturated carbocycles. The summed E-state index contributed by atoms with van der Waals surface area (Å²) in [6.45, 7) is 0. The Morgan fingerprint density at radius 3 is 1.73 bits per heavy atom. The lowest BCUT2D eigenvalue weighted by atomic mass is 10.1. The number of hydrogen-bond acceptors (Lipinski definition) is 2.